The largest absolute Gasteiger partial charge is 0.497 e. The highest BCUT2D eigenvalue weighted by atomic mass is 79.9. The third-order valence-corrected chi connectivity index (χ3v) is 4.02. The highest BCUT2D eigenvalue weighted by Gasteiger charge is 2.13. The SMILES string of the molecule is COc1ccc2c(Br)c(CNC(C)C)n(C)c2c1. The molecule has 0 aliphatic heterocycles. The van der Waals surface area contributed by atoms with E-state index >= 15 is 0 Å². The molecule has 3 nitrogen and oxygen atoms in total. The predicted molar refractivity (Wildman–Crippen MR) is 79.1 cm³/mol. The van der Waals surface area contributed by atoms with Crippen LogP contribution in [0.25, 0.3) is 10.9 Å². The van der Waals surface area contributed by atoms with Crippen molar-refractivity contribution in [3.8, 4) is 5.75 Å². The van der Waals surface area contributed by atoms with Crippen molar-refractivity contribution >= 4 is 26.8 Å². The number of halogens is 1. The van der Waals surface area contributed by atoms with Crippen molar-refractivity contribution in [3.63, 3.8) is 0 Å². The molecule has 0 aliphatic carbocycles. The van der Waals surface area contributed by atoms with Crippen LogP contribution in [-0.4, -0.2) is 17.7 Å². The zero-order valence-electron chi connectivity index (χ0n) is 11.2. The van der Waals surface area contributed by atoms with Gasteiger partial charge in [-0.25, -0.2) is 0 Å². The molecule has 0 fully saturated rings. The molecule has 0 bridgehead atoms. The fourth-order valence-corrected chi connectivity index (χ4v) is 2.79. The fraction of sp³-hybridized carbons (Fsp3) is 0.429. The quantitative estimate of drug-likeness (QED) is 0.936. The molecule has 98 valence electrons. The Kier molecular flexibility index (Phi) is 3.97. The summed E-state index contributed by atoms with van der Waals surface area (Å²) in [6, 6.07) is 6.63. The molecule has 1 N–H and O–H groups in total. The van der Waals surface area contributed by atoms with Gasteiger partial charge in [-0.3, -0.25) is 0 Å². The summed E-state index contributed by atoms with van der Waals surface area (Å²) >= 11 is 3.70. The number of benzene rings is 1. The molecular weight excluding hydrogens is 292 g/mol. The zero-order valence-corrected chi connectivity index (χ0v) is 12.8. The summed E-state index contributed by atoms with van der Waals surface area (Å²) in [4.78, 5) is 0. The first kappa shape index (κ1) is 13.4. The van der Waals surface area contributed by atoms with Gasteiger partial charge in [-0.2, -0.15) is 0 Å². The van der Waals surface area contributed by atoms with E-state index in [2.05, 4.69) is 58.8 Å². The van der Waals surface area contributed by atoms with Crippen LogP contribution < -0.4 is 10.1 Å². The van der Waals surface area contributed by atoms with E-state index in [4.69, 9.17) is 4.74 Å². The van der Waals surface area contributed by atoms with Gasteiger partial charge in [0.25, 0.3) is 0 Å². The molecule has 0 spiro atoms. The number of hydrogen-bond donors (Lipinski definition) is 1. The number of aromatic nitrogens is 1. The first-order valence-corrected chi connectivity index (χ1v) is 6.88. The molecule has 0 atom stereocenters. The lowest BCUT2D eigenvalue weighted by molar-refractivity contribution is 0.415. The minimum Gasteiger partial charge on any atom is -0.497 e. The molecule has 4 heteroatoms. The lowest BCUT2D eigenvalue weighted by Gasteiger charge is -2.10. The number of fused-ring (bicyclic) bond motifs is 1. The van der Waals surface area contributed by atoms with E-state index < -0.39 is 0 Å². The number of hydrogen-bond acceptors (Lipinski definition) is 2. The van der Waals surface area contributed by atoms with E-state index in [0.717, 1.165) is 16.8 Å². The number of ether oxygens (including phenoxy) is 1. The van der Waals surface area contributed by atoms with E-state index in [0.29, 0.717) is 6.04 Å². The summed E-state index contributed by atoms with van der Waals surface area (Å²) in [7, 11) is 3.78. The third-order valence-electron chi connectivity index (χ3n) is 3.14. The van der Waals surface area contributed by atoms with Crippen LogP contribution >= 0.6 is 15.9 Å². The molecule has 18 heavy (non-hydrogen) atoms. The Balaban J connectivity index is 2.47. The Bertz CT molecular complexity index is 560. The summed E-state index contributed by atoms with van der Waals surface area (Å²) < 4.78 is 8.65. The number of aryl methyl sites for hydroxylation is 1. The number of nitrogens with one attached hydrogen (secondary N) is 1. The monoisotopic (exact) mass is 310 g/mol. The second-order valence-electron chi connectivity index (χ2n) is 4.74. The van der Waals surface area contributed by atoms with Crippen molar-refractivity contribution in [1.29, 1.82) is 0 Å². The fourth-order valence-electron chi connectivity index (χ4n) is 2.05. The van der Waals surface area contributed by atoms with Gasteiger partial charge in [-0.05, 0) is 28.1 Å². The van der Waals surface area contributed by atoms with Gasteiger partial charge in [0, 0.05) is 41.3 Å². The van der Waals surface area contributed by atoms with E-state index in [1.54, 1.807) is 7.11 Å². The van der Waals surface area contributed by atoms with Gasteiger partial charge in [-0.15, -0.1) is 0 Å². The highest BCUT2D eigenvalue weighted by Crippen LogP contribution is 2.32. The van der Waals surface area contributed by atoms with Gasteiger partial charge in [-0.1, -0.05) is 13.8 Å². The second kappa shape index (κ2) is 5.33. The number of nitrogens with zero attached hydrogens (tertiary/aromatic N) is 1. The molecule has 0 unspecified atom stereocenters. The average molecular weight is 311 g/mol. The molecule has 0 saturated heterocycles. The Morgan fingerprint density at radius 1 is 1.39 bits per heavy atom. The summed E-state index contributed by atoms with van der Waals surface area (Å²) in [6.07, 6.45) is 0. The van der Waals surface area contributed by atoms with Crippen LogP contribution in [0, 0.1) is 0 Å². The molecule has 0 amide bonds. The Morgan fingerprint density at radius 2 is 2.11 bits per heavy atom. The summed E-state index contributed by atoms with van der Waals surface area (Å²) in [5, 5.41) is 4.67. The van der Waals surface area contributed by atoms with Gasteiger partial charge in [0.15, 0.2) is 0 Å². The third kappa shape index (κ3) is 2.40. The summed E-state index contributed by atoms with van der Waals surface area (Å²) in [5.74, 6) is 0.888. The molecule has 0 saturated carbocycles. The van der Waals surface area contributed by atoms with E-state index in [-0.39, 0.29) is 0 Å². The average Bonchev–Trinajstić information content (AvgIpc) is 2.59. The standard InChI is InChI=1S/C14H19BrN2O/c1-9(2)16-8-13-14(15)11-6-5-10(18-4)7-12(11)17(13)3/h5-7,9,16H,8H2,1-4H3. The summed E-state index contributed by atoms with van der Waals surface area (Å²) in [5.41, 5.74) is 2.44. The number of rotatable bonds is 4. The second-order valence-corrected chi connectivity index (χ2v) is 5.53. The van der Waals surface area contributed by atoms with E-state index in [1.165, 1.54) is 16.6 Å². The van der Waals surface area contributed by atoms with Crippen LogP contribution in [0.2, 0.25) is 0 Å². The molecule has 0 aliphatic rings. The normalized spacial score (nSPS) is 11.4. The van der Waals surface area contributed by atoms with Gasteiger partial charge in [0.2, 0.25) is 0 Å². The maximum atomic E-state index is 5.28. The van der Waals surface area contributed by atoms with E-state index in [1.807, 2.05) is 6.07 Å². The first-order chi connectivity index (χ1) is 8.54. The molecule has 2 rings (SSSR count). The minimum atomic E-state index is 0.476. The van der Waals surface area contributed by atoms with Crippen molar-refractivity contribution in [3.05, 3.63) is 28.4 Å². The topological polar surface area (TPSA) is 26.2 Å². The van der Waals surface area contributed by atoms with Gasteiger partial charge in [0.1, 0.15) is 5.75 Å². The predicted octanol–water partition coefficient (Wildman–Crippen LogP) is 3.45. The van der Waals surface area contributed by atoms with Gasteiger partial charge < -0.3 is 14.6 Å². The molecular formula is C14H19BrN2O. The Hall–Kier alpha value is -1.00. The number of methoxy groups -OCH3 is 1. The van der Waals surface area contributed by atoms with Crippen molar-refractivity contribution in [2.45, 2.75) is 26.4 Å². The van der Waals surface area contributed by atoms with Crippen LogP contribution in [0.3, 0.4) is 0 Å². The highest BCUT2D eigenvalue weighted by molar-refractivity contribution is 9.10. The summed E-state index contributed by atoms with van der Waals surface area (Å²) in [6.45, 7) is 5.16. The lowest BCUT2D eigenvalue weighted by Crippen LogP contribution is -2.23. The maximum absolute atomic E-state index is 5.28. The van der Waals surface area contributed by atoms with Crippen LogP contribution in [0.5, 0.6) is 5.75 Å². The first-order valence-electron chi connectivity index (χ1n) is 6.08. The van der Waals surface area contributed by atoms with Gasteiger partial charge >= 0.3 is 0 Å². The molecule has 1 aromatic carbocycles. The molecule has 0 radical (unpaired) electrons. The van der Waals surface area contributed by atoms with Gasteiger partial charge in [0.05, 0.1) is 12.6 Å². The zero-order chi connectivity index (χ0) is 13.3. The van der Waals surface area contributed by atoms with Crippen LogP contribution in [0.1, 0.15) is 19.5 Å². The molecule has 1 heterocycles. The van der Waals surface area contributed by atoms with Crippen molar-refractivity contribution in [2.75, 3.05) is 7.11 Å². The Morgan fingerprint density at radius 3 is 2.72 bits per heavy atom. The lowest BCUT2D eigenvalue weighted by atomic mass is 10.2. The van der Waals surface area contributed by atoms with Crippen LogP contribution in [-0.2, 0) is 13.6 Å². The molecule has 1 aromatic heterocycles. The van der Waals surface area contributed by atoms with Crippen molar-refractivity contribution in [1.82, 2.24) is 9.88 Å². The maximum Gasteiger partial charge on any atom is 0.120 e. The van der Waals surface area contributed by atoms with E-state index in [9.17, 15) is 0 Å². The van der Waals surface area contributed by atoms with Crippen LogP contribution in [0.4, 0.5) is 0 Å². The minimum absolute atomic E-state index is 0.476. The molecule has 2 aromatic rings. The smallest absolute Gasteiger partial charge is 0.120 e. The van der Waals surface area contributed by atoms with Crippen LogP contribution in [0.15, 0.2) is 22.7 Å². The van der Waals surface area contributed by atoms with Crippen molar-refractivity contribution < 1.29 is 4.74 Å². The van der Waals surface area contributed by atoms with Crippen molar-refractivity contribution in [2.24, 2.45) is 7.05 Å². The Labute approximate surface area is 116 Å².